The molecule has 1 heterocycles. The molecule has 6 heteroatoms. The van der Waals surface area contributed by atoms with E-state index in [2.05, 4.69) is 17.1 Å². The van der Waals surface area contributed by atoms with Crippen molar-refractivity contribution in [1.29, 1.82) is 0 Å². The van der Waals surface area contributed by atoms with Gasteiger partial charge in [-0.05, 0) is 49.1 Å². The number of carbonyl (C=O) groups is 2. The van der Waals surface area contributed by atoms with Crippen LogP contribution in [0, 0.1) is 5.92 Å². The maximum atomic E-state index is 12.6. The van der Waals surface area contributed by atoms with Gasteiger partial charge in [0.15, 0.2) is 0 Å². The smallest absolute Gasteiger partial charge is 0.337 e. The van der Waals surface area contributed by atoms with Crippen LogP contribution in [0.15, 0.2) is 42.5 Å². The van der Waals surface area contributed by atoms with Crippen LogP contribution in [0.25, 0.3) is 0 Å². The summed E-state index contributed by atoms with van der Waals surface area (Å²) < 4.78 is 5.21. The molecule has 2 aromatic rings. The van der Waals surface area contributed by atoms with E-state index in [1.165, 1.54) is 13.5 Å². The predicted octanol–water partition coefficient (Wildman–Crippen LogP) is 3.88. The van der Waals surface area contributed by atoms with Crippen LogP contribution in [0.5, 0.6) is 5.75 Å². The Labute approximate surface area is 158 Å². The minimum Gasteiger partial charge on any atom is -0.496 e. The van der Waals surface area contributed by atoms with Gasteiger partial charge in [-0.2, -0.15) is 0 Å². The lowest BCUT2D eigenvalue weighted by atomic mass is 9.99. The van der Waals surface area contributed by atoms with E-state index in [1.54, 1.807) is 36.4 Å². The molecule has 0 aliphatic carbocycles. The summed E-state index contributed by atoms with van der Waals surface area (Å²) in [6, 6.07) is 12.0. The monoisotopic (exact) mass is 368 g/mol. The summed E-state index contributed by atoms with van der Waals surface area (Å²) in [6.45, 7) is 4.02. The number of carboxylic acids is 1. The van der Waals surface area contributed by atoms with Crippen molar-refractivity contribution < 1.29 is 19.4 Å². The molecular formula is C21H24N2O4. The SMILES string of the molecule is COc1ccccc1C(=O)Nc1ccc(N2CCCC(C)C2)cc1C(=O)O. The molecule has 142 valence electrons. The summed E-state index contributed by atoms with van der Waals surface area (Å²) >= 11 is 0. The number of amides is 1. The molecule has 0 radical (unpaired) electrons. The number of benzene rings is 2. The molecule has 2 N–H and O–H groups in total. The molecule has 1 saturated heterocycles. The summed E-state index contributed by atoms with van der Waals surface area (Å²) in [7, 11) is 1.49. The Morgan fingerprint density at radius 1 is 1.19 bits per heavy atom. The van der Waals surface area contributed by atoms with Crippen LogP contribution >= 0.6 is 0 Å². The first-order valence-electron chi connectivity index (χ1n) is 9.06. The van der Waals surface area contributed by atoms with Gasteiger partial charge in [-0.1, -0.05) is 19.1 Å². The largest absolute Gasteiger partial charge is 0.496 e. The third-order valence-corrected chi connectivity index (χ3v) is 4.86. The number of para-hydroxylation sites is 1. The predicted molar refractivity (Wildman–Crippen MR) is 105 cm³/mol. The van der Waals surface area contributed by atoms with Gasteiger partial charge >= 0.3 is 5.97 Å². The normalized spacial score (nSPS) is 16.7. The number of carbonyl (C=O) groups excluding carboxylic acids is 1. The van der Waals surface area contributed by atoms with Crippen molar-refractivity contribution in [2.24, 2.45) is 5.92 Å². The van der Waals surface area contributed by atoms with Crippen molar-refractivity contribution in [1.82, 2.24) is 0 Å². The fourth-order valence-electron chi connectivity index (χ4n) is 3.46. The van der Waals surface area contributed by atoms with Crippen LogP contribution in [-0.2, 0) is 0 Å². The Morgan fingerprint density at radius 2 is 1.96 bits per heavy atom. The molecule has 6 nitrogen and oxygen atoms in total. The summed E-state index contributed by atoms with van der Waals surface area (Å²) in [4.78, 5) is 26.6. The third kappa shape index (κ3) is 4.22. The summed E-state index contributed by atoms with van der Waals surface area (Å²) in [6.07, 6.45) is 2.28. The highest BCUT2D eigenvalue weighted by Crippen LogP contribution is 2.28. The van der Waals surface area contributed by atoms with E-state index in [4.69, 9.17) is 4.74 Å². The van der Waals surface area contributed by atoms with Gasteiger partial charge in [-0.25, -0.2) is 4.79 Å². The standard InChI is InChI=1S/C21H24N2O4/c1-14-6-5-11-23(13-14)15-9-10-18(17(12-15)21(25)26)22-20(24)16-7-3-4-8-19(16)27-2/h3-4,7-10,12,14H,5-6,11,13H2,1-2H3,(H,22,24)(H,25,26). The molecule has 1 aliphatic rings. The zero-order chi connectivity index (χ0) is 19.4. The Bertz CT molecular complexity index is 850. The zero-order valence-electron chi connectivity index (χ0n) is 15.6. The first-order chi connectivity index (χ1) is 13.0. The molecule has 1 unspecified atom stereocenters. The topological polar surface area (TPSA) is 78.9 Å². The Balaban J connectivity index is 1.87. The zero-order valence-corrected chi connectivity index (χ0v) is 15.6. The molecule has 1 fully saturated rings. The van der Waals surface area contributed by atoms with Gasteiger partial charge in [-0.15, -0.1) is 0 Å². The molecule has 27 heavy (non-hydrogen) atoms. The minimum atomic E-state index is -1.07. The van der Waals surface area contributed by atoms with Crippen molar-refractivity contribution in [3.63, 3.8) is 0 Å². The Morgan fingerprint density at radius 3 is 2.67 bits per heavy atom. The van der Waals surface area contributed by atoms with Gasteiger partial charge in [0.1, 0.15) is 5.75 Å². The van der Waals surface area contributed by atoms with E-state index in [1.807, 2.05) is 6.07 Å². The Kier molecular flexibility index (Phi) is 5.64. The van der Waals surface area contributed by atoms with Gasteiger partial charge in [0.25, 0.3) is 5.91 Å². The lowest BCUT2D eigenvalue weighted by molar-refractivity contribution is 0.0698. The molecule has 0 saturated carbocycles. The highest BCUT2D eigenvalue weighted by molar-refractivity contribution is 6.09. The summed E-state index contributed by atoms with van der Waals surface area (Å²) in [5.41, 5.74) is 1.57. The van der Waals surface area contributed by atoms with Crippen molar-refractivity contribution in [3.8, 4) is 5.75 Å². The molecule has 1 amide bonds. The van der Waals surface area contributed by atoms with Crippen LogP contribution in [0.3, 0.4) is 0 Å². The third-order valence-electron chi connectivity index (χ3n) is 4.86. The summed E-state index contributed by atoms with van der Waals surface area (Å²) in [5, 5.41) is 12.3. The second kappa shape index (κ2) is 8.12. The van der Waals surface area contributed by atoms with E-state index >= 15 is 0 Å². The van der Waals surface area contributed by atoms with E-state index < -0.39 is 11.9 Å². The number of aromatic carboxylic acids is 1. The summed E-state index contributed by atoms with van der Waals surface area (Å²) in [5.74, 6) is -0.464. The van der Waals surface area contributed by atoms with Gasteiger partial charge in [0.05, 0.1) is 23.9 Å². The fourth-order valence-corrected chi connectivity index (χ4v) is 3.46. The fraction of sp³-hybridized carbons (Fsp3) is 0.333. The van der Waals surface area contributed by atoms with Gasteiger partial charge in [0, 0.05) is 18.8 Å². The van der Waals surface area contributed by atoms with E-state index in [-0.39, 0.29) is 11.3 Å². The highest BCUT2D eigenvalue weighted by Gasteiger charge is 2.21. The number of nitrogens with one attached hydrogen (secondary N) is 1. The number of hydrogen-bond acceptors (Lipinski definition) is 4. The minimum absolute atomic E-state index is 0.0778. The first-order valence-corrected chi connectivity index (χ1v) is 9.06. The molecule has 1 atom stereocenters. The van der Waals surface area contributed by atoms with Crippen LogP contribution in [0.2, 0.25) is 0 Å². The number of anilines is 2. The molecule has 1 aliphatic heterocycles. The molecule has 3 rings (SSSR count). The van der Waals surface area contributed by atoms with Crippen molar-refractivity contribution in [2.75, 3.05) is 30.4 Å². The van der Waals surface area contributed by atoms with Crippen LogP contribution < -0.4 is 15.0 Å². The first kappa shape index (κ1) is 18.8. The quantitative estimate of drug-likeness (QED) is 0.837. The Hall–Kier alpha value is -3.02. The van der Waals surface area contributed by atoms with Crippen molar-refractivity contribution in [3.05, 3.63) is 53.6 Å². The van der Waals surface area contributed by atoms with Crippen LogP contribution in [0.4, 0.5) is 11.4 Å². The van der Waals surface area contributed by atoms with Crippen molar-refractivity contribution in [2.45, 2.75) is 19.8 Å². The average molecular weight is 368 g/mol. The number of carboxylic acid groups (broad SMARTS) is 1. The van der Waals surface area contributed by atoms with Crippen LogP contribution in [0.1, 0.15) is 40.5 Å². The second-order valence-corrected chi connectivity index (χ2v) is 6.88. The molecule has 2 aromatic carbocycles. The molecule has 0 spiro atoms. The molecule has 0 bridgehead atoms. The average Bonchev–Trinajstić information content (AvgIpc) is 2.68. The van der Waals surface area contributed by atoms with E-state index in [9.17, 15) is 14.7 Å². The van der Waals surface area contributed by atoms with E-state index in [0.717, 1.165) is 25.2 Å². The lowest BCUT2D eigenvalue weighted by Crippen LogP contribution is -2.34. The van der Waals surface area contributed by atoms with Crippen molar-refractivity contribution >= 4 is 23.3 Å². The number of piperidine rings is 1. The van der Waals surface area contributed by atoms with Gasteiger partial charge < -0.3 is 20.1 Å². The number of ether oxygens (including phenoxy) is 1. The number of methoxy groups -OCH3 is 1. The van der Waals surface area contributed by atoms with Crippen LogP contribution in [-0.4, -0.2) is 37.2 Å². The van der Waals surface area contributed by atoms with E-state index in [0.29, 0.717) is 17.2 Å². The second-order valence-electron chi connectivity index (χ2n) is 6.88. The lowest BCUT2D eigenvalue weighted by Gasteiger charge is -2.33. The van der Waals surface area contributed by atoms with Gasteiger partial charge in [0.2, 0.25) is 0 Å². The van der Waals surface area contributed by atoms with Gasteiger partial charge in [-0.3, -0.25) is 4.79 Å². The molecule has 0 aromatic heterocycles. The maximum Gasteiger partial charge on any atom is 0.337 e. The number of rotatable bonds is 5. The number of hydrogen-bond donors (Lipinski definition) is 2. The maximum absolute atomic E-state index is 12.6. The number of nitrogens with zero attached hydrogens (tertiary/aromatic N) is 1. The highest BCUT2D eigenvalue weighted by atomic mass is 16.5. The molecular weight excluding hydrogens is 344 g/mol.